The van der Waals surface area contributed by atoms with Crippen LogP contribution < -0.4 is 10.0 Å². The molecule has 0 aromatic heterocycles. The Morgan fingerprint density at radius 1 is 1.07 bits per heavy atom. The monoisotopic (exact) mass is 492 g/mol. The molecule has 0 unspecified atom stereocenters. The van der Waals surface area contributed by atoms with Crippen LogP contribution in [-0.4, -0.2) is 26.4 Å². The lowest BCUT2D eigenvalue weighted by atomic mass is 9.78. The number of carbonyl (C=O) groups excluding carboxylic acids is 1. The first-order valence-corrected chi connectivity index (χ1v) is 12.7. The average Bonchev–Trinajstić information content (AvgIpc) is 2.72. The molecule has 2 aromatic carbocycles. The normalized spacial score (nSPS) is 23.0. The second kappa shape index (κ2) is 10.1. The van der Waals surface area contributed by atoms with Gasteiger partial charge < -0.3 is 5.32 Å². The van der Waals surface area contributed by atoms with Crippen LogP contribution in [0.3, 0.4) is 0 Å². The lowest BCUT2D eigenvalue weighted by Crippen LogP contribution is -2.53. The highest BCUT2D eigenvalue weighted by atomic mass is 79.9. The van der Waals surface area contributed by atoms with E-state index >= 15 is 0 Å². The van der Waals surface area contributed by atoms with Gasteiger partial charge in [-0.15, -0.1) is 0 Å². The molecule has 3 rings (SSSR count). The van der Waals surface area contributed by atoms with Gasteiger partial charge in [0, 0.05) is 10.5 Å². The Bertz CT molecular complexity index is 948. The maximum atomic E-state index is 13.2. The molecule has 1 aliphatic carbocycles. The fourth-order valence-electron chi connectivity index (χ4n) is 3.98. The van der Waals surface area contributed by atoms with Crippen LogP contribution in [0.1, 0.15) is 38.7 Å². The van der Waals surface area contributed by atoms with Gasteiger partial charge in [-0.3, -0.25) is 4.79 Å². The molecule has 2 aromatic rings. The molecule has 2 N–H and O–H groups in total. The summed E-state index contributed by atoms with van der Waals surface area (Å²) in [5, 5.41) is 3.13. The molecule has 1 fully saturated rings. The topological polar surface area (TPSA) is 75.3 Å². The first-order valence-electron chi connectivity index (χ1n) is 10.4. The van der Waals surface area contributed by atoms with Crippen LogP contribution >= 0.6 is 15.9 Å². The minimum absolute atomic E-state index is 0.0664. The highest BCUT2D eigenvalue weighted by Gasteiger charge is 2.32. The Balaban J connectivity index is 1.80. The van der Waals surface area contributed by atoms with Gasteiger partial charge in [-0.25, -0.2) is 8.42 Å². The van der Waals surface area contributed by atoms with Gasteiger partial charge in [0.1, 0.15) is 6.04 Å². The van der Waals surface area contributed by atoms with Crippen LogP contribution in [0, 0.1) is 11.8 Å². The zero-order valence-corrected chi connectivity index (χ0v) is 19.7. The Kier molecular flexibility index (Phi) is 7.71. The van der Waals surface area contributed by atoms with Crippen LogP contribution in [-0.2, 0) is 21.2 Å². The van der Waals surface area contributed by atoms with Crippen LogP contribution in [0.4, 0.5) is 0 Å². The van der Waals surface area contributed by atoms with Crippen LogP contribution in [0.25, 0.3) is 0 Å². The van der Waals surface area contributed by atoms with E-state index in [0.717, 1.165) is 29.3 Å². The maximum absolute atomic E-state index is 13.2. The van der Waals surface area contributed by atoms with E-state index in [2.05, 4.69) is 39.8 Å². The predicted octanol–water partition coefficient (Wildman–Crippen LogP) is 4.28. The number of halogens is 1. The molecule has 162 valence electrons. The number of nitrogens with one attached hydrogen (secondary N) is 2. The molecular formula is C23H29BrN2O3S. The fourth-order valence-corrected chi connectivity index (χ4v) is 5.44. The molecule has 0 heterocycles. The summed E-state index contributed by atoms with van der Waals surface area (Å²) < 4.78 is 29.3. The first kappa shape index (κ1) is 23.0. The third kappa shape index (κ3) is 5.93. The average molecular weight is 493 g/mol. The standard InChI is InChI=1S/C23H29BrN2O3S/c1-16-7-6-10-21(17(16)2)25-23(27)22(15-18-8-4-3-5-9-18)26-30(28,29)20-13-11-19(24)12-14-20/h3-5,8-9,11-14,16-17,21-22,26H,6-7,10,15H2,1-2H3,(H,25,27)/t16-,17-,21+,22+/m1/s1. The lowest BCUT2D eigenvalue weighted by Gasteiger charge is -2.35. The highest BCUT2D eigenvalue weighted by molar-refractivity contribution is 9.10. The molecule has 4 atom stereocenters. The minimum Gasteiger partial charge on any atom is -0.352 e. The fraction of sp³-hybridized carbons (Fsp3) is 0.435. The molecule has 1 amide bonds. The van der Waals surface area contributed by atoms with E-state index in [1.165, 1.54) is 12.1 Å². The van der Waals surface area contributed by atoms with Crippen molar-refractivity contribution in [3.63, 3.8) is 0 Å². The molecule has 0 saturated heterocycles. The molecule has 0 aliphatic heterocycles. The first-order chi connectivity index (χ1) is 14.3. The van der Waals surface area contributed by atoms with Gasteiger partial charge >= 0.3 is 0 Å². The van der Waals surface area contributed by atoms with Crippen LogP contribution in [0.5, 0.6) is 0 Å². The Morgan fingerprint density at radius 2 is 1.73 bits per heavy atom. The molecule has 30 heavy (non-hydrogen) atoms. The summed E-state index contributed by atoms with van der Waals surface area (Å²) in [6.45, 7) is 4.37. The molecule has 0 radical (unpaired) electrons. The molecule has 1 aliphatic rings. The molecule has 1 saturated carbocycles. The molecule has 0 spiro atoms. The summed E-state index contributed by atoms with van der Waals surface area (Å²) in [5.41, 5.74) is 0.904. The van der Waals surface area contributed by atoms with Gasteiger partial charge in [-0.1, -0.05) is 73.0 Å². The molecule has 0 bridgehead atoms. The maximum Gasteiger partial charge on any atom is 0.241 e. The SMILES string of the molecule is C[C@@H]1[C@H](C)CCC[C@@H]1NC(=O)[C@H](Cc1ccccc1)NS(=O)(=O)c1ccc(Br)cc1. The second-order valence-corrected chi connectivity index (χ2v) is 10.8. The van der Waals surface area contributed by atoms with Crippen LogP contribution in [0.2, 0.25) is 0 Å². The number of sulfonamides is 1. The molecular weight excluding hydrogens is 464 g/mol. The molecule has 7 heteroatoms. The van der Waals surface area contributed by atoms with E-state index in [0.29, 0.717) is 18.3 Å². The van der Waals surface area contributed by atoms with Crippen molar-refractivity contribution in [2.45, 2.75) is 56.5 Å². The van der Waals surface area contributed by atoms with E-state index < -0.39 is 16.1 Å². The number of hydrogen-bond acceptors (Lipinski definition) is 3. The number of carbonyl (C=O) groups is 1. The van der Waals surface area contributed by atoms with Gasteiger partial charge in [0.05, 0.1) is 4.90 Å². The Hall–Kier alpha value is -1.70. The van der Waals surface area contributed by atoms with Crippen molar-refractivity contribution in [1.29, 1.82) is 0 Å². The van der Waals surface area contributed by atoms with Crippen molar-refractivity contribution in [2.75, 3.05) is 0 Å². The van der Waals surface area contributed by atoms with Gasteiger partial charge in [-0.05, 0) is 54.5 Å². The second-order valence-electron chi connectivity index (χ2n) is 8.20. The molecule has 5 nitrogen and oxygen atoms in total. The largest absolute Gasteiger partial charge is 0.352 e. The number of rotatable bonds is 7. The number of benzene rings is 2. The summed E-state index contributed by atoms with van der Waals surface area (Å²) in [6.07, 6.45) is 3.45. The van der Waals surface area contributed by atoms with Gasteiger partial charge in [0.2, 0.25) is 15.9 Å². The van der Waals surface area contributed by atoms with Crippen molar-refractivity contribution in [3.05, 3.63) is 64.6 Å². The Morgan fingerprint density at radius 3 is 2.40 bits per heavy atom. The summed E-state index contributed by atoms with van der Waals surface area (Å²) in [5.74, 6) is 0.629. The van der Waals surface area contributed by atoms with Crippen molar-refractivity contribution < 1.29 is 13.2 Å². The number of hydrogen-bond donors (Lipinski definition) is 2. The van der Waals surface area contributed by atoms with E-state index in [9.17, 15) is 13.2 Å². The van der Waals surface area contributed by atoms with E-state index in [-0.39, 0.29) is 16.8 Å². The van der Waals surface area contributed by atoms with Crippen molar-refractivity contribution in [1.82, 2.24) is 10.0 Å². The lowest BCUT2D eigenvalue weighted by molar-refractivity contribution is -0.124. The zero-order chi connectivity index (χ0) is 21.7. The zero-order valence-electron chi connectivity index (χ0n) is 17.3. The quantitative estimate of drug-likeness (QED) is 0.605. The third-order valence-corrected chi connectivity index (χ3v) is 8.07. The Labute approximate surface area is 187 Å². The summed E-state index contributed by atoms with van der Waals surface area (Å²) in [4.78, 5) is 13.3. The third-order valence-electron chi connectivity index (χ3n) is 6.05. The van der Waals surface area contributed by atoms with Crippen molar-refractivity contribution in [3.8, 4) is 0 Å². The number of amides is 1. The van der Waals surface area contributed by atoms with E-state index in [4.69, 9.17) is 0 Å². The van der Waals surface area contributed by atoms with Gasteiger partial charge in [0.25, 0.3) is 0 Å². The predicted molar refractivity (Wildman–Crippen MR) is 123 cm³/mol. The minimum atomic E-state index is -3.84. The van der Waals surface area contributed by atoms with Crippen molar-refractivity contribution >= 4 is 31.9 Å². The van der Waals surface area contributed by atoms with Crippen LogP contribution in [0.15, 0.2) is 64.0 Å². The van der Waals surface area contributed by atoms with E-state index in [1.54, 1.807) is 12.1 Å². The van der Waals surface area contributed by atoms with Gasteiger partial charge in [0.15, 0.2) is 0 Å². The summed E-state index contributed by atoms with van der Waals surface area (Å²) in [6, 6.07) is 15.1. The van der Waals surface area contributed by atoms with E-state index in [1.807, 2.05) is 30.3 Å². The summed E-state index contributed by atoms with van der Waals surface area (Å²) >= 11 is 3.32. The van der Waals surface area contributed by atoms with Crippen molar-refractivity contribution in [2.24, 2.45) is 11.8 Å². The summed E-state index contributed by atoms with van der Waals surface area (Å²) in [7, 11) is -3.84. The highest BCUT2D eigenvalue weighted by Crippen LogP contribution is 2.29. The van der Waals surface area contributed by atoms with Gasteiger partial charge in [-0.2, -0.15) is 4.72 Å². The smallest absolute Gasteiger partial charge is 0.241 e.